The van der Waals surface area contributed by atoms with Gasteiger partial charge in [-0.1, -0.05) is 13.0 Å². The molecular weight excluding hydrogens is 360 g/mol. The van der Waals surface area contributed by atoms with Crippen molar-refractivity contribution in [2.24, 2.45) is 0 Å². The van der Waals surface area contributed by atoms with E-state index in [1.165, 1.54) is 0 Å². The van der Waals surface area contributed by atoms with Gasteiger partial charge in [0.15, 0.2) is 11.5 Å². The first kappa shape index (κ1) is 20.2. The number of carbonyl (C=O) groups is 2. The van der Waals surface area contributed by atoms with E-state index in [1.807, 2.05) is 12.1 Å². The number of hydrogen-bond donors (Lipinski definition) is 1. The van der Waals surface area contributed by atoms with Crippen molar-refractivity contribution in [1.82, 2.24) is 10.2 Å². The zero-order valence-electron chi connectivity index (χ0n) is 17.0. The standard InChI is InChI=1S/C21H28N2O5/c1-5-23-10-8-21(9-11-23)18(14(2)20(25)28-21)19(24)22-13-15-6-7-16(26-3)17(12-15)27-4/h6-7,12H,5,8-11,13H2,1-4H3,(H,22,24). The molecule has 3 rings (SSSR count). The molecule has 1 saturated heterocycles. The third-order valence-electron chi connectivity index (χ3n) is 5.66. The number of hydrogen-bond acceptors (Lipinski definition) is 6. The van der Waals surface area contributed by atoms with Gasteiger partial charge in [-0.15, -0.1) is 0 Å². The molecule has 152 valence electrons. The summed E-state index contributed by atoms with van der Waals surface area (Å²) in [6.07, 6.45) is 1.28. The molecule has 1 spiro atoms. The Morgan fingerprint density at radius 1 is 1.21 bits per heavy atom. The monoisotopic (exact) mass is 388 g/mol. The maximum Gasteiger partial charge on any atom is 0.335 e. The largest absolute Gasteiger partial charge is 0.493 e. The van der Waals surface area contributed by atoms with Crippen LogP contribution in [0.15, 0.2) is 29.3 Å². The first-order valence-electron chi connectivity index (χ1n) is 9.60. The van der Waals surface area contributed by atoms with Gasteiger partial charge in [0.1, 0.15) is 5.60 Å². The first-order chi connectivity index (χ1) is 13.4. The van der Waals surface area contributed by atoms with Gasteiger partial charge in [-0.05, 0) is 31.2 Å². The summed E-state index contributed by atoms with van der Waals surface area (Å²) in [6, 6.07) is 5.50. The van der Waals surface area contributed by atoms with E-state index in [-0.39, 0.29) is 11.9 Å². The Morgan fingerprint density at radius 3 is 2.50 bits per heavy atom. The van der Waals surface area contributed by atoms with E-state index in [0.717, 1.165) is 25.2 Å². The molecule has 2 aliphatic heterocycles. The van der Waals surface area contributed by atoms with Crippen molar-refractivity contribution in [3.8, 4) is 11.5 Å². The van der Waals surface area contributed by atoms with Crippen LogP contribution in [0.1, 0.15) is 32.3 Å². The second-order valence-corrected chi connectivity index (χ2v) is 7.19. The number of piperidine rings is 1. The minimum Gasteiger partial charge on any atom is -0.493 e. The van der Waals surface area contributed by atoms with E-state index in [2.05, 4.69) is 17.1 Å². The highest BCUT2D eigenvalue weighted by molar-refractivity contribution is 6.07. The second kappa shape index (κ2) is 8.22. The Balaban J connectivity index is 1.74. The summed E-state index contributed by atoms with van der Waals surface area (Å²) < 4.78 is 16.3. The molecule has 2 heterocycles. The fourth-order valence-corrected chi connectivity index (χ4v) is 3.97. The Bertz CT molecular complexity index is 794. The predicted molar refractivity (Wildman–Crippen MR) is 104 cm³/mol. The topological polar surface area (TPSA) is 77.1 Å². The molecule has 0 bridgehead atoms. The molecule has 28 heavy (non-hydrogen) atoms. The third-order valence-corrected chi connectivity index (χ3v) is 5.66. The number of esters is 1. The van der Waals surface area contributed by atoms with Crippen LogP contribution in [0.5, 0.6) is 11.5 Å². The summed E-state index contributed by atoms with van der Waals surface area (Å²) in [5.41, 5.74) is 0.974. The van der Waals surface area contributed by atoms with Crippen LogP contribution in [0.25, 0.3) is 0 Å². The van der Waals surface area contributed by atoms with E-state index < -0.39 is 5.60 Å². The second-order valence-electron chi connectivity index (χ2n) is 7.19. The molecular formula is C21H28N2O5. The maximum atomic E-state index is 13.0. The average Bonchev–Trinajstić information content (AvgIpc) is 2.96. The molecule has 7 nitrogen and oxygen atoms in total. The van der Waals surface area contributed by atoms with Gasteiger partial charge in [-0.25, -0.2) is 4.79 Å². The lowest BCUT2D eigenvalue weighted by Gasteiger charge is -2.39. The molecule has 1 aromatic rings. The quantitative estimate of drug-likeness (QED) is 0.752. The van der Waals surface area contributed by atoms with Crippen LogP contribution in [-0.2, 0) is 20.9 Å². The van der Waals surface area contributed by atoms with Crippen molar-refractivity contribution in [3.63, 3.8) is 0 Å². The van der Waals surface area contributed by atoms with Crippen molar-refractivity contribution in [2.45, 2.75) is 38.8 Å². The van der Waals surface area contributed by atoms with Crippen LogP contribution in [-0.4, -0.2) is 56.2 Å². The molecule has 0 saturated carbocycles. The van der Waals surface area contributed by atoms with E-state index in [1.54, 1.807) is 27.2 Å². The normalized spacial score (nSPS) is 18.9. The summed E-state index contributed by atoms with van der Waals surface area (Å²) in [7, 11) is 3.15. The molecule has 2 aliphatic rings. The van der Waals surface area contributed by atoms with Crippen LogP contribution < -0.4 is 14.8 Å². The molecule has 1 fully saturated rings. The lowest BCUT2D eigenvalue weighted by atomic mass is 9.82. The number of nitrogens with zero attached hydrogens (tertiary/aromatic N) is 1. The van der Waals surface area contributed by atoms with Crippen LogP contribution in [0, 0.1) is 0 Å². The minimum absolute atomic E-state index is 0.247. The third kappa shape index (κ3) is 3.71. The SMILES string of the molecule is CCN1CCC2(CC1)OC(=O)C(C)=C2C(=O)NCc1ccc(OC)c(OC)c1. The number of benzene rings is 1. The van der Waals surface area contributed by atoms with E-state index in [9.17, 15) is 9.59 Å². The van der Waals surface area contributed by atoms with Crippen LogP contribution >= 0.6 is 0 Å². The number of rotatable bonds is 6. The molecule has 0 unspecified atom stereocenters. The van der Waals surface area contributed by atoms with Gasteiger partial charge in [0.2, 0.25) is 0 Å². The van der Waals surface area contributed by atoms with E-state index in [0.29, 0.717) is 42.0 Å². The summed E-state index contributed by atoms with van der Waals surface area (Å²) in [5.74, 6) is 0.601. The van der Waals surface area contributed by atoms with Gasteiger partial charge in [0.05, 0.1) is 19.8 Å². The van der Waals surface area contributed by atoms with Gasteiger partial charge in [-0.3, -0.25) is 4.79 Å². The van der Waals surface area contributed by atoms with Crippen molar-refractivity contribution in [2.75, 3.05) is 33.9 Å². The number of ether oxygens (including phenoxy) is 3. The van der Waals surface area contributed by atoms with Crippen molar-refractivity contribution in [1.29, 1.82) is 0 Å². The Morgan fingerprint density at radius 2 is 1.89 bits per heavy atom. The van der Waals surface area contributed by atoms with Gasteiger partial charge in [-0.2, -0.15) is 0 Å². The number of methoxy groups -OCH3 is 2. The number of carbonyl (C=O) groups excluding carboxylic acids is 2. The molecule has 1 aromatic carbocycles. The lowest BCUT2D eigenvalue weighted by molar-refractivity contribution is -0.150. The molecule has 7 heteroatoms. The Kier molecular flexibility index (Phi) is 5.93. The maximum absolute atomic E-state index is 13.0. The predicted octanol–water partition coefficient (Wildman–Crippen LogP) is 2.05. The zero-order chi connectivity index (χ0) is 20.3. The van der Waals surface area contributed by atoms with Gasteiger partial charge >= 0.3 is 5.97 Å². The van der Waals surface area contributed by atoms with Gasteiger partial charge in [0, 0.05) is 38.0 Å². The van der Waals surface area contributed by atoms with Gasteiger partial charge < -0.3 is 24.4 Å². The fraction of sp³-hybridized carbons (Fsp3) is 0.524. The highest BCUT2D eigenvalue weighted by Gasteiger charge is 2.50. The summed E-state index contributed by atoms with van der Waals surface area (Å²) in [6.45, 7) is 6.67. The first-order valence-corrected chi connectivity index (χ1v) is 9.60. The molecule has 0 aromatic heterocycles. The lowest BCUT2D eigenvalue weighted by Crippen LogP contribution is -2.48. The summed E-state index contributed by atoms with van der Waals surface area (Å²) >= 11 is 0. The highest BCUT2D eigenvalue weighted by Crippen LogP contribution is 2.41. The van der Waals surface area contributed by atoms with Crippen LogP contribution in [0.2, 0.25) is 0 Å². The Hall–Kier alpha value is -2.54. The van der Waals surface area contributed by atoms with Crippen molar-refractivity contribution >= 4 is 11.9 Å². The highest BCUT2D eigenvalue weighted by atomic mass is 16.6. The molecule has 0 aliphatic carbocycles. The van der Waals surface area contributed by atoms with E-state index >= 15 is 0 Å². The van der Waals surface area contributed by atoms with Crippen LogP contribution in [0.3, 0.4) is 0 Å². The summed E-state index contributed by atoms with van der Waals surface area (Å²) in [5, 5.41) is 2.94. The summed E-state index contributed by atoms with van der Waals surface area (Å²) in [4.78, 5) is 27.5. The van der Waals surface area contributed by atoms with Gasteiger partial charge in [0.25, 0.3) is 5.91 Å². The average molecular weight is 388 g/mol. The van der Waals surface area contributed by atoms with E-state index in [4.69, 9.17) is 14.2 Å². The molecule has 0 atom stereocenters. The number of likely N-dealkylation sites (tertiary alicyclic amines) is 1. The number of amides is 1. The van der Waals surface area contributed by atoms with Crippen LogP contribution in [0.4, 0.5) is 0 Å². The zero-order valence-corrected chi connectivity index (χ0v) is 17.0. The van der Waals surface area contributed by atoms with Crippen molar-refractivity contribution in [3.05, 3.63) is 34.9 Å². The minimum atomic E-state index is -0.797. The Labute approximate surface area is 165 Å². The molecule has 1 N–H and O–H groups in total. The van der Waals surface area contributed by atoms with Crippen molar-refractivity contribution < 1.29 is 23.8 Å². The fourth-order valence-electron chi connectivity index (χ4n) is 3.97. The molecule has 1 amide bonds. The molecule has 0 radical (unpaired) electrons. The number of nitrogens with one attached hydrogen (secondary N) is 1. The smallest absolute Gasteiger partial charge is 0.335 e.